The molecule has 1 atom stereocenters. The van der Waals surface area contributed by atoms with Crippen molar-refractivity contribution in [2.75, 3.05) is 18.4 Å². The van der Waals surface area contributed by atoms with E-state index in [2.05, 4.69) is 25.6 Å². The average Bonchev–Trinajstić information content (AvgIpc) is 3.65. The van der Waals surface area contributed by atoms with Gasteiger partial charge in [0.25, 0.3) is 0 Å². The first-order valence-corrected chi connectivity index (χ1v) is 12.8. The lowest BCUT2D eigenvalue weighted by atomic mass is 10.2. The Hall–Kier alpha value is -4.12. The predicted octanol–water partition coefficient (Wildman–Crippen LogP) is 4.12. The number of halogens is 1. The largest absolute Gasteiger partial charge is 0.353 e. The van der Waals surface area contributed by atoms with E-state index in [0.29, 0.717) is 37.0 Å². The van der Waals surface area contributed by atoms with Crippen molar-refractivity contribution in [3.05, 3.63) is 67.0 Å². The Morgan fingerprint density at radius 2 is 2.03 bits per heavy atom. The number of likely N-dealkylation sites (tertiary alicyclic amines) is 1. The van der Waals surface area contributed by atoms with Gasteiger partial charge in [-0.2, -0.15) is 0 Å². The van der Waals surface area contributed by atoms with Crippen LogP contribution < -0.4 is 10.6 Å². The molecule has 4 aromatic rings. The highest BCUT2D eigenvalue weighted by Gasteiger charge is 2.32. The molecule has 1 aromatic carbocycles. The summed E-state index contributed by atoms with van der Waals surface area (Å²) in [5.41, 5.74) is 2.50. The molecule has 1 aliphatic heterocycles. The minimum atomic E-state index is -0.429. The molecule has 4 heterocycles. The highest BCUT2D eigenvalue weighted by molar-refractivity contribution is 7.18. The highest BCUT2D eigenvalue weighted by atomic mass is 32.1. The van der Waals surface area contributed by atoms with Crippen LogP contribution in [0, 0.1) is 5.82 Å². The number of hydrogen-bond acceptors (Lipinski definition) is 7. The van der Waals surface area contributed by atoms with E-state index in [1.54, 1.807) is 48.8 Å². The number of rotatable bonds is 8. The third kappa shape index (κ3) is 5.51. The number of anilines is 2. The molecular weight excluding hydrogens is 493 g/mol. The fourth-order valence-corrected chi connectivity index (χ4v) is 5.18. The molecule has 3 aromatic heterocycles. The highest BCUT2D eigenvalue weighted by Crippen LogP contribution is 2.30. The number of nitrogens with zero attached hydrogens (tertiary/aromatic N) is 5. The summed E-state index contributed by atoms with van der Waals surface area (Å²) in [7, 11) is 0. The van der Waals surface area contributed by atoms with Crippen LogP contribution in [0.1, 0.15) is 19.8 Å². The molecule has 0 bridgehead atoms. The van der Waals surface area contributed by atoms with E-state index in [0.717, 1.165) is 27.9 Å². The van der Waals surface area contributed by atoms with Gasteiger partial charge in [0.2, 0.25) is 11.8 Å². The standard InChI is InChI=1S/C26H26FN7O2S/c1-2-4-24(35)34-11-3-5-20(34)25(36)28-10-12-33-16-31-19-14-29-23(13-21(19)33)32-26-30-15-22(37-26)17-6-8-18(27)9-7-17/h2,4,6-9,13-16,20H,3,5,10-12H2,1H3,(H,28,36)(H,29,30,32)/b4-2-/t20-/m0/s1. The summed E-state index contributed by atoms with van der Waals surface area (Å²) >= 11 is 1.45. The minimum Gasteiger partial charge on any atom is -0.353 e. The van der Waals surface area contributed by atoms with Gasteiger partial charge in [0.15, 0.2) is 5.13 Å². The van der Waals surface area contributed by atoms with Crippen LogP contribution >= 0.6 is 11.3 Å². The molecule has 2 N–H and O–H groups in total. The number of carbonyl (C=O) groups excluding carboxylic acids is 2. The van der Waals surface area contributed by atoms with Crippen LogP contribution in [0.5, 0.6) is 0 Å². The van der Waals surface area contributed by atoms with Crippen LogP contribution in [-0.4, -0.2) is 55.4 Å². The van der Waals surface area contributed by atoms with E-state index >= 15 is 0 Å². The van der Waals surface area contributed by atoms with Gasteiger partial charge >= 0.3 is 0 Å². The Balaban J connectivity index is 1.22. The van der Waals surface area contributed by atoms with E-state index < -0.39 is 6.04 Å². The third-order valence-electron chi connectivity index (χ3n) is 6.18. The van der Waals surface area contributed by atoms with Crippen molar-refractivity contribution in [2.24, 2.45) is 0 Å². The Morgan fingerprint density at radius 3 is 2.84 bits per heavy atom. The van der Waals surface area contributed by atoms with E-state index in [-0.39, 0.29) is 17.6 Å². The van der Waals surface area contributed by atoms with E-state index in [4.69, 9.17) is 0 Å². The van der Waals surface area contributed by atoms with Gasteiger partial charge in [-0.05, 0) is 43.5 Å². The van der Waals surface area contributed by atoms with Crippen LogP contribution in [-0.2, 0) is 16.1 Å². The second-order valence-corrected chi connectivity index (χ2v) is 9.67. The van der Waals surface area contributed by atoms with Crippen molar-refractivity contribution >= 4 is 45.1 Å². The van der Waals surface area contributed by atoms with Crippen LogP contribution in [0.2, 0.25) is 0 Å². The molecule has 11 heteroatoms. The van der Waals surface area contributed by atoms with E-state index in [1.165, 1.54) is 29.5 Å². The molecule has 0 saturated carbocycles. The summed E-state index contributed by atoms with van der Waals surface area (Å²) < 4.78 is 15.2. The van der Waals surface area contributed by atoms with Gasteiger partial charge in [0.05, 0.1) is 22.9 Å². The molecule has 5 rings (SSSR count). The Labute approximate surface area is 217 Å². The summed E-state index contributed by atoms with van der Waals surface area (Å²) in [6.45, 7) is 3.32. The fraction of sp³-hybridized carbons (Fsp3) is 0.269. The molecule has 0 spiro atoms. The molecule has 9 nitrogen and oxygen atoms in total. The van der Waals surface area contributed by atoms with Crippen molar-refractivity contribution in [2.45, 2.75) is 32.4 Å². The molecule has 37 heavy (non-hydrogen) atoms. The van der Waals surface area contributed by atoms with Gasteiger partial charge < -0.3 is 20.1 Å². The molecule has 0 radical (unpaired) electrons. The summed E-state index contributed by atoms with van der Waals surface area (Å²) in [5, 5.41) is 6.85. The number of pyridine rings is 1. The van der Waals surface area contributed by atoms with Gasteiger partial charge in [0.1, 0.15) is 23.2 Å². The van der Waals surface area contributed by atoms with Crippen molar-refractivity contribution < 1.29 is 14.0 Å². The first-order valence-electron chi connectivity index (χ1n) is 12.0. The van der Waals surface area contributed by atoms with Crippen LogP contribution in [0.3, 0.4) is 0 Å². The van der Waals surface area contributed by atoms with Gasteiger partial charge in [-0.15, -0.1) is 0 Å². The maximum atomic E-state index is 13.2. The molecule has 2 amide bonds. The lowest BCUT2D eigenvalue weighted by Crippen LogP contribution is -2.46. The number of benzene rings is 1. The average molecular weight is 520 g/mol. The molecular formula is C26H26FN7O2S. The molecule has 0 unspecified atom stereocenters. The maximum absolute atomic E-state index is 13.2. The number of carbonyl (C=O) groups is 2. The van der Waals surface area contributed by atoms with Crippen molar-refractivity contribution in [1.82, 2.24) is 29.7 Å². The van der Waals surface area contributed by atoms with E-state index in [1.807, 2.05) is 10.6 Å². The van der Waals surface area contributed by atoms with Crippen molar-refractivity contribution in [3.8, 4) is 10.4 Å². The second kappa shape index (κ2) is 10.9. The van der Waals surface area contributed by atoms with Crippen LogP contribution in [0.15, 0.2) is 61.2 Å². The van der Waals surface area contributed by atoms with E-state index in [9.17, 15) is 14.0 Å². The predicted molar refractivity (Wildman–Crippen MR) is 141 cm³/mol. The van der Waals surface area contributed by atoms with Gasteiger partial charge in [-0.1, -0.05) is 29.5 Å². The summed E-state index contributed by atoms with van der Waals surface area (Å²) in [4.78, 5) is 40.8. The zero-order valence-electron chi connectivity index (χ0n) is 20.2. The Bertz CT molecular complexity index is 1450. The summed E-state index contributed by atoms with van der Waals surface area (Å²) in [6, 6.07) is 7.75. The normalized spacial score (nSPS) is 15.5. The number of aromatic nitrogens is 4. The zero-order valence-corrected chi connectivity index (χ0v) is 21.0. The smallest absolute Gasteiger partial charge is 0.246 e. The number of amides is 2. The molecule has 1 saturated heterocycles. The molecule has 0 aliphatic carbocycles. The van der Waals surface area contributed by atoms with Gasteiger partial charge in [-0.3, -0.25) is 9.59 Å². The number of imidazole rings is 1. The van der Waals surface area contributed by atoms with Crippen molar-refractivity contribution in [1.29, 1.82) is 0 Å². The molecule has 1 fully saturated rings. The Kier molecular flexibility index (Phi) is 7.22. The first kappa shape index (κ1) is 24.6. The summed E-state index contributed by atoms with van der Waals surface area (Å²) in [6.07, 6.45) is 9.82. The maximum Gasteiger partial charge on any atom is 0.246 e. The Morgan fingerprint density at radius 1 is 1.19 bits per heavy atom. The topological polar surface area (TPSA) is 105 Å². The van der Waals surface area contributed by atoms with Crippen LogP contribution in [0.4, 0.5) is 15.3 Å². The molecule has 1 aliphatic rings. The van der Waals surface area contributed by atoms with Crippen molar-refractivity contribution in [3.63, 3.8) is 0 Å². The lowest BCUT2D eigenvalue weighted by molar-refractivity contribution is -0.135. The first-order chi connectivity index (χ1) is 18.0. The number of thiazole rings is 1. The quantitative estimate of drug-likeness (QED) is 0.339. The van der Waals surface area contributed by atoms with Crippen LogP contribution in [0.25, 0.3) is 21.5 Å². The fourth-order valence-electron chi connectivity index (χ4n) is 4.36. The number of nitrogens with one attached hydrogen (secondary N) is 2. The minimum absolute atomic E-state index is 0.127. The number of hydrogen-bond donors (Lipinski definition) is 2. The second-order valence-electron chi connectivity index (χ2n) is 8.64. The lowest BCUT2D eigenvalue weighted by Gasteiger charge is -2.22. The number of allylic oxidation sites excluding steroid dienone is 1. The number of fused-ring (bicyclic) bond motifs is 1. The van der Waals surface area contributed by atoms with Gasteiger partial charge in [0, 0.05) is 31.9 Å². The molecule has 190 valence electrons. The SMILES string of the molecule is C/C=C\C(=O)N1CCC[C@H]1C(=O)NCCn1cnc2cnc(Nc3ncc(-c4ccc(F)cc4)s3)cc21. The third-order valence-corrected chi connectivity index (χ3v) is 7.14. The zero-order chi connectivity index (χ0) is 25.8. The van der Waals surface area contributed by atoms with Gasteiger partial charge in [-0.25, -0.2) is 19.3 Å². The monoisotopic (exact) mass is 519 g/mol. The summed E-state index contributed by atoms with van der Waals surface area (Å²) in [5.74, 6) is 0.0745.